The summed E-state index contributed by atoms with van der Waals surface area (Å²) in [5.41, 5.74) is 6.72. The molecule has 1 heterocycles. The van der Waals surface area contributed by atoms with Crippen LogP contribution in [0.2, 0.25) is 5.02 Å². The second-order valence-corrected chi connectivity index (χ2v) is 3.85. The minimum Gasteiger partial charge on any atom is -0.375 e. The molecule has 1 aromatic carbocycles. The van der Waals surface area contributed by atoms with Gasteiger partial charge in [0.2, 0.25) is 0 Å². The van der Waals surface area contributed by atoms with Gasteiger partial charge >= 0.3 is 0 Å². The zero-order valence-electron chi connectivity index (χ0n) is 6.41. The van der Waals surface area contributed by atoms with Crippen molar-refractivity contribution in [3.8, 4) is 6.07 Å². The first-order chi connectivity index (χ1) is 6.22. The summed E-state index contributed by atoms with van der Waals surface area (Å²) in [6.45, 7) is 0. The minimum absolute atomic E-state index is 0.439. The molecular weight excluding hydrogens is 206 g/mol. The topological polar surface area (TPSA) is 62.7 Å². The lowest BCUT2D eigenvalue weighted by Crippen LogP contribution is -1.79. The van der Waals surface area contributed by atoms with Crippen LogP contribution in [0.5, 0.6) is 0 Å². The first kappa shape index (κ1) is 8.30. The molecule has 3 nitrogen and oxygen atoms in total. The maximum atomic E-state index is 8.70. The van der Waals surface area contributed by atoms with Crippen LogP contribution in [0, 0.1) is 11.3 Å². The Bertz CT molecular complexity index is 512. The molecule has 0 radical (unpaired) electrons. The van der Waals surface area contributed by atoms with Crippen molar-refractivity contribution in [3.63, 3.8) is 0 Å². The number of nitrogens with zero attached hydrogens (tertiary/aromatic N) is 2. The summed E-state index contributed by atoms with van der Waals surface area (Å²) >= 11 is 7.24. The number of anilines is 1. The molecule has 2 N–H and O–H groups in total. The molecule has 2 aromatic rings. The summed E-state index contributed by atoms with van der Waals surface area (Å²) < 4.78 is 0.776. The largest absolute Gasteiger partial charge is 0.375 e. The molecule has 5 heteroatoms. The second-order valence-electron chi connectivity index (χ2n) is 2.44. The van der Waals surface area contributed by atoms with Crippen LogP contribution in [-0.4, -0.2) is 4.98 Å². The third-order valence-corrected chi connectivity index (χ3v) is 3.06. The zero-order chi connectivity index (χ0) is 9.42. The van der Waals surface area contributed by atoms with Gasteiger partial charge in [-0.1, -0.05) is 22.9 Å². The Morgan fingerprint density at radius 1 is 1.54 bits per heavy atom. The molecule has 13 heavy (non-hydrogen) atoms. The van der Waals surface area contributed by atoms with Crippen molar-refractivity contribution in [1.82, 2.24) is 4.98 Å². The highest BCUT2D eigenvalue weighted by atomic mass is 35.5. The van der Waals surface area contributed by atoms with Gasteiger partial charge in [0.05, 0.1) is 20.8 Å². The Hall–Kier alpha value is -1.31. The molecule has 64 valence electrons. The van der Waals surface area contributed by atoms with Crippen LogP contribution in [0.3, 0.4) is 0 Å². The molecular formula is C8H4ClN3S. The van der Waals surface area contributed by atoms with Crippen molar-refractivity contribution in [2.75, 3.05) is 5.73 Å². The Morgan fingerprint density at radius 2 is 2.31 bits per heavy atom. The van der Waals surface area contributed by atoms with Crippen LogP contribution in [0.15, 0.2) is 12.1 Å². The van der Waals surface area contributed by atoms with E-state index in [9.17, 15) is 0 Å². The van der Waals surface area contributed by atoms with Gasteiger partial charge in [-0.05, 0) is 12.1 Å². The van der Waals surface area contributed by atoms with Crippen LogP contribution in [0.4, 0.5) is 5.13 Å². The predicted octanol–water partition coefficient (Wildman–Crippen LogP) is 2.40. The third kappa shape index (κ3) is 1.22. The van der Waals surface area contributed by atoms with E-state index in [4.69, 9.17) is 22.6 Å². The van der Waals surface area contributed by atoms with Crippen LogP contribution in [0.1, 0.15) is 5.56 Å². The van der Waals surface area contributed by atoms with Crippen LogP contribution in [-0.2, 0) is 0 Å². The quantitative estimate of drug-likeness (QED) is 0.725. The number of fused-ring (bicyclic) bond motifs is 1. The molecule has 0 saturated heterocycles. The van der Waals surface area contributed by atoms with Crippen LogP contribution < -0.4 is 5.73 Å². The van der Waals surface area contributed by atoms with Gasteiger partial charge in [-0.25, -0.2) is 4.98 Å². The van der Waals surface area contributed by atoms with Gasteiger partial charge in [-0.3, -0.25) is 0 Å². The number of hydrogen-bond acceptors (Lipinski definition) is 4. The Balaban J connectivity index is 2.87. The van der Waals surface area contributed by atoms with Gasteiger partial charge in [0, 0.05) is 0 Å². The molecule has 0 unspecified atom stereocenters. The van der Waals surface area contributed by atoms with Crippen molar-refractivity contribution < 1.29 is 0 Å². The summed E-state index contributed by atoms with van der Waals surface area (Å²) in [6, 6.07) is 5.39. The van der Waals surface area contributed by atoms with Gasteiger partial charge in [0.25, 0.3) is 0 Å². The van der Waals surface area contributed by atoms with E-state index in [1.54, 1.807) is 12.1 Å². The van der Waals surface area contributed by atoms with Gasteiger partial charge in [0.1, 0.15) is 6.07 Å². The highest BCUT2D eigenvalue weighted by Crippen LogP contribution is 2.32. The average molecular weight is 210 g/mol. The van der Waals surface area contributed by atoms with E-state index in [1.165, 1.54) is 11.3 Å². The number of nitrogen functional groups attached to an aromatic ring is 1. The zero-order valence-corrected chi connectivity index (χ0v) is 7.99. The molecule has 0 amide bonds. The fraction of sp³-hybridized carbons (Fsp3) is 0. The van der Waals surface area contributed by atoms with E-state index in [0.29, 0.717) is 15.7 Å². The first-order valence-corrected chi connectivity index (χ1v) is 4.66. The number of nitrogens with two attached hydrogens (primary N) is 1. The first-order valence-electron chi connectivity index (χ1n) is 3.47. The maximum absolute atomic E-state index is 8.70. The summed E-state index contributed by atoms with van der Waals surface area (Å²) in [4.78, 5) is 4.05. The van der Waals surface area contributed by atoms with Gasteiger partial charge < -0.3 is 5.73 Å². The monoisotopic (exact) mass is 209 g/mol. The standard InChI is InChI=1S/C8H4ClN3S/c9-6-4(3-10)1-2-5-7(6)13-8(11)12-5/h1-2H,(H2,11,12). The summed E-state index contributed by atoms with van der Waals surface area (Å²) in [7, 11) is 0. The average Bonchev–Trinajstić information content (AvgIpc) is 2.47. The molecule has 0 spiro atoms. The van der Waals surface area contributed by atoms with E-state index in [-0.39, 0.29) is 0 Å². The van der Waals surface area contributed by atoms with E-state index in [1.807, 2.05) is 6.07 Å². The lowest BCUT2D eigenvalue weighted by atomic mass is 10.2. The highest BCUT2D eigenvalue weighted by molar-refractivity contribution is 7.22. The van der Waals surface area contributed by atoms with E-state index in [0.717, 1.165) is 10.2 Å². The molecule has 0 saturated carbocycles. The molecule has 2 rings (SSSR count). The molecule has 0 aliphatic rings. The van der Waals surface area contributed by atoms with Crippen molar-refractivity contribution in [1.29, 1.82) is 5.26 Å². The number of halogens is 1. The van der Waals surface area contributed by atoms with Crippen LogP contribution in [0.25, 0.3) is 10.2 Å². The number of thiazole rings is 1. The van der Waals surface area contributed by atoms with Crippen molar-refractivity contribution in [2.24, 2.45) is 0 Å². The van der Waals surface area contributed by atoms with E-state index in [2.05, 4.69) is 4.98 Å². The molecule has 0 aliphatic carbocycles. The molecule has 0 atom stereocenters. The Labute approximate surface area is 83.4 Å². The third-order valence-electron chi connectivity index (χ3n) is 1.63. The number of nitriles is 1. The Kier molecular flexibility index (Phi) is 1.83. The molecule has 0 aliphatic heterocycles. The lowest BCUT2D eigenvalue weighted by Gasteiger charge is -1.93. The van der Waals surface area contributed by atoms with Crippen LogP contribution >= 0.6 is 22.9 Å². The number of benzene rings is 1. The number of aromatic nitrogens is 1. The van der Waals surface area contributed by atoms with E-state index >= 15 is 0 Å². The summed E-state index contributed by atoms with van der Waals surface area (Å²) in [5.74, 6) is 0. The number of rotatable bonds is 0. The fourth-order valence-corrected chi connectivity index (χ4v) is 2.15. The van der Waals surface area contributed by atoms with Crippen molar-refractivity contribution >= 4 is 38.3 Å². The normalized spacial score (nSPS) is 10.2. The van der Waals surface area contributed by atoms with Gasteiger partial charge in [-0.15, -0.1) is 0 Å². The summed E-state index contributed by atoms with van der Waals surface area (Å²) in [5, 5.41) is 9.61. The maximum Gasteiger partial charge on any atom is 0.181 e. The smallest absolute Gasteiger partial charge is 0.181 e. The Morgan fingerprint density at radius 3 is 3.00 bits per heavy atom. The van der Waals surface area contributed by atoms with Crippen molar-refractivity contribution in [3.05, 3.63) is 22.7 Å². The molecule has 0 fully saturated rings. The van der Waals surface area contributed by atoms with E-state index < -0.39 is 0 Å². The van der Waals surface area contributed by atoms with Crippen molar-refractivity contribution in [2.45, 2.75) is 0 Å². The minimum atomic E-state index is 0.439. The van der Waals surface area contributed by atoms with Gasteiger partial charge in [0.15, 0.2) is 5.13 Å². The summed E-state index contributed by atoms with van der Waals surface area (Å²) in [6.07, 6.45) is 0. The highest BCUT2D eigenvalue weighted by Gasteiger charge is 2.08. The molecule has 1 aromatic heterocycles. The number of hydrogen-bond donors (Lipinski definition) is 1. The SMILES string of the molecule is N#Cc1ccc2nc(N)sc2c1Cl. The molecule has 0 bridgehead atoms. The second kappa shape index (κ2) is 2.87. The van der Waals surface area contributed by atoms with Gasteiger partial charge in [-0.2, -0.15) is 5.26 Å². The predicted molar refractivity (Wildman–Crippen MR) is 53.8 cm³/mol. The lowest BCUT2D eigenvalue weighted by molar-refractivity contribution is 1.47. The fourth-order valence-electron chi connectivity index (χ4n) is 1.06.